The molecule has 0 aliphatic carbocycles. The molecule has 3 rings (SSSR count). The Morgan fingerprint density at radius 3 is 2.20 bits per heavy atom. The number of carbonyl (C=O) groups is 1. The monoisotopic (exact) mass is 514 g/mol. The van der Waals surface area contributed by atoms with Crippen molar-refractivity contribution in [3.63, 3.8) is 0 Å². The first-order valence-electron chi connectivity index (χ1n) is 11.3. The third-order valence-corrected chi connectivity index (χ3v) is 6.79. The normalized spacial score (nSPS) is 11.7. The molecule has 3 aromatic carbocycles. The summed E-state index contributed by atoms with van der Waals surface area (Å²) in [5.41, 5.74) is 2.77. The molecule has 0 radical (unpaired) electrons. The molecule has 0 heterocycles. The van der Waals surface area contributed by atoms with Crippen LogP contribution in [0.25, 0.3) is 0 Å². The largest absolute Gasteiger partial charge is 0.491 e. The number of para-hydroxylation sites is 1. The van der Waals surface area contributed by atoms with Gasteiger partial charge in [-0.2, -0.15) is 0 Å². The quantitative estimate of drug-likeness (QED) is 0.387. The topological polar surface area (TPSA) is 75.7 Å². The Bertz CT molecular complexity index is 1250. The van der Waals surface area contributed by atoms with Crippen molar-refractivity contribution in [3.8, 4) is 5.75 Å². The molecule has 0 atom stereocenters. The summed E-state index contributed by atoms with van der Waals surface area (Å²) in [6.45, 7) is 7.21. The summed E-state index contributed by atoms with van der Waals surface area (Å²) in [4.78, 5) is 12.6. The van der Waals surface area contributed by atoms with E-state index in [1.54, 1.807) is 48.5 Å². The van der Waals surface area contributed by atoms with E-state index in [9.17, 15) is 13.2 Å². The molecule has 0 aliphatic heterocycles. The number of ether oxygens (including phenoxy) is 1. The Morgan fingerprint density at radius 2 is 1.60 bits per heavy atom. The molecule has 1 N–H and O–H groups in total. The fraction of sp³-hybridized carbons (Fsp3) is 0.296. The molecule has 0 saturated carbocycles. The molecule has 35 heavy (non-hydrogen) atoms. The van der Waals surface area contributed by atoms with Gasteiger partial charge in [-0.05, 0) is 59.0 Å². The Kier molecular flexibility index (Phi) is 8.46. The second-order valence-corrected chi connectivity index (χ2v) is 11.6. The molecule has 6 nitrogen and oxygen atoms in total. The number of halogens is 1. The number of amides is 1. The lowest BCUT2D eigenvalue weighted by atomic mass is 9.86. The SMILES string of the molecule is CC(C)(C)c1ccccc1OCCNC(=O)c1ccc(N(Cc2ccc(Cl)cc2)S(C)(=O)=O)cc1. The summed E-state index contributed by atoms with van der Waals surface area (Å²) in [6.07, 6.45) is 1.15. The minimum atomic E-state index is -3.53. The lowest BCUT2D eigenvalue weighted by Gasteiger charge is -2.23. The minimum Gasteiger partial charge on any atom is -0.491 e. The van der Waals surface area contributed by atoms with Gasteiger partial charge in [-0.15, -0.1) is 0 Å². The third-order valence-electron chi connectivity index (χ3n) is 5.40. The van der Waals surface area contributed by atoms with Crippen molar-refractivity contribution in [2.75, 3.05) is 23.7 Å². The summed E-state index contributed by atoms with van der Waals surface area (Å²) >= 11 is 5.93. The van der Waals surface area contributed by atoms with Gasteiger partial charge in [0, 0.05) is 10.6 Å². The van der Waals surface area contributed by atoms with Crippen molar-refractivity contribution in [1.29, 1.82) is 0 Å². The minimum absolute atomic E-state index is 0.0466. The van der Waals surface area contributed by atoms with Gasteiger partial charge in [-0.3, -0.25) is 9.10 Å². The van der Waals surface area contributed by atoms with Crippen LogP contribution in [0.1, 0.15) is 42.3 Å². The highest BCUT2D eigenvalue weighted by Gasteiger charge is 2.19. The van der Waals surface area contributed by atoms with Crippen LogP contribution in [0.3, 0.4) is 0 Å². The zero-order valence-electron chi connectivity index (χ0n) is 20.4. The van der Waals surface area contributed by atoms with Crippen LogP contribution < -0.4 is 14.4 Å². The molecule has 0 unspecified atom stereocenters. The van der Waals surface area contributed by atoms with Crippen LogP contribution in [-0.4, -0.2) is 33.7 Å². The molecule has 0 aliphatic rings. The van der Waals surface area contributed by atoms with Gasteiger partial charge in [-0.25, -0.2) is 8.42 Å². The number of benzene rings is 3. The second kappa shape index (κ2) is 11.1. The molecule has 0 aromatic heterocycles. The smallest absolute Gasteiger partial charge is 0.251 e. The van der Waals surface area contributed by atoms with E-state index in [4.69, 9.17) is 16.3 Å². The van der Waals surface area contributed by atoms with Crippen LogP contribution in [0.15, 0.2) is 72.8 Å². The summed E-state index contributed by atoms with van der Waals surface area (Å²) in [7, 11) is -3.53. The van der Waals surface area contributed by atoms with Gasteiger partial charge in [0.2, 0.25) is 10.0 Å². The zero-order valence-corrected chi connectivity index (χ0v) is 22.0. The number of hydrogen-bond acceptors (Lipinski definition) is 4. The van der Waals surface area contributed by atoms with E-state index in [0.29, 0.717) is 29.4 Å². The highest BCUT2D eigenvalue weighted by Crippen LogP contribution is 2.30. The average Bonchev–Trinajstić information content (AvgIpc) is 2.80. The first kappa shape index (κ1) is 26.6. The number of nitrogens with one attached hydrogen (secondary N) is 1. The average molecular weight is 515 g/mol. The van der Waals surface area contributed by atoms with E-state index in [2.05, 4.69) is 26.1 Å². The molecule has 0 spiro atoms. The van der Waals surface area contributed by atoms with Crippen LogP contribution in [0, 0.1) is 0 Å². The van der Waals surface area contributed by atoms with Crippen LogP contribution >= 0.6 is 11.6 Å². The second-order valence-electron chi connectivity index (χ2n) is 9.29. The number of nitrogens with zero attached hydrogens (tertiary/aromatic N) is 1. The first-order valence-corrected chi connectivity index (χ1v) is 13.5. The van der Waals surface area contributed by atoms with Crippen LogP contribution in [-0.2, 0) is 22.0 Å². The van der Waals surface area contributed by atoms with E-state index >= 15 is 0 Å². The Morgan fingerprint density at radius 1 is 0.971 bits per heavy atom. The Labute approximate surface area is 212 Å². The molecule has 0 saturated heterocycles. The number of hydrogen-bond donors (Lipinski definition) is 1. The maximum atomic E-state index is 12.6. The summed E-state index contributed by atoms with van der Waals surface area (Å²) < 4.78 is 32.0. The van der Waals surface area contributed by atoms with Crippen molar-refractivity contribution < 1.29 is 17.9 Å². The van der Waals surface area contributed by atoms with Gasteiger partial charge in [0.15, 0.2) is 0 Å². The summed E-state index contributed by atoms with van der Waals surface area (Å²) in [5, 5.41) is 3.43. The number of rotatable bonds is 9. The standard InChI is InChI=1S/C27H31ClN2O4S/c1-27(2,3)24-7-5-6-8-25(24)34-18-17-29-26(31)21-11-15-23(16-12-21)30(35(4,32)33)19-20-9-13-22(28)14-10-20/h5-16H,17-19H2,1-4H3,(H,29,31). The molecule has 0 bridgehead atoms. The molecule has 186 valence electrons. The van der Waals surface area contributed by atoms with Crippen molar-refractivity contribution in [3.05, 3.63) is 94.5 Å². The Hall–Kier alpha value is -3.03. The van der Waals surface area contributed by atoms with Gasteiger partial charge < -0.3 is 10.1 Å². The van der Waals surface area contributed by atoms with Crippen molar-refractivity contribution in [2.24, 2.45) is 0 Å². The molecule has 3 aromatic rings. The Balaban J connectivity index is 1.60. The maximum Gasteiger partial charge on any atom is 0.251 e. The molecular weight excluding hydrogens is 484 g/mol. The number of carbonyl (C=O) groups excluding carboxylic acids is 1. The summed E-state index contributed by atoms with van der Waals surface area (Å²) in [6, 6.07) is 21.4. The van der Waals surface area contributed by atoms with E-state index in [1.165, 1.54) is 4.31 Å². The summed E-state index contributed by atoms with van der Waals surface area (Å²) in [5.74, 6) is 0.549. The van der Waals surface area contributed by atoms with Gasteiger partial charge in [0.05, 0.1) is 25.0 Å². The van der Waals surface area contributed by atoms with Gasteiger partial charge in [0.1, 0.15) is 12.4 Å². The fourth-order valence-corrected chi connectivity index (χ4v) is 4.59. The fourth-order valence-electron chi connectivity index (χ4n) is 3.57. The van der Waals surface area contributed by atoms with Crippen LogP contribution in [0.2, 0.25) is 5.02 Å². The highest BCUT2D eigenvalue weighted by molar-refractivity contribution is 7.92. The number of anilines is 1. The predicted octanol–water partition coefficient (Wildman–Crippen LogP) is 5.41. The van der Waals surface area contributed by atoms with Crippen LogP contribution in [0.5, 0.6) is 5.75 Å². The van der Waals surface area contributed by atoms with E-state index < -0.39 is 10.0 Å². The number of sulfonamides is 1. The van der Waals surface area contributed by atoms with Crippen molar-refractivity contribution >= 4 is 33.2 Å². The lowest BCUT2D eigenvalue weighted by molar-refractivity contribution is 0.0947. The molecule has 0 fully saturated rings. The van der Waals surface area contributed by atoms with Gasteiger partial charge >= 0.3 is 0 Å². The highest BCUT2D eigenvalue weighted by atomic mass is 35.5. The van der Waals surface area contributed by atoms with E-state index in [1.807, 2.05) is 24.3 Å². The lowest BCUT2D eigenvalue weighted by Crippen LogP contribution is -2.30. The van der Waals surface area contributed by atoms with E-state index in [-0.39, 0.29) is 17.9 Å². The van der Waals surface area contributed by atoms with Gasteiger partial charge in [0.25, 0.3) is 5.91 Å². The van der Waals surface area contributed by atoms with Crippen LogP contribution in [0.4, 0.5) is 5.69 Å². The first-order chi connectivity index (χ1) is 16.4. The third kappa shape index (κ3) is 7.47. The molecule has 1 amide bonds. The molecule has 8 heteroatoms. The molecular formula is C27H31ClN2O4S. The van der Waals surface area contributed by atoms with Crippen molar-refractivity contribution in [1.82, 2.24) is 5.32 Å². The van der Waals surface area contributed by atoms with E-state index in [0.717, 1.165) is 23.1 Å². The maximum absolute atomic E-state index is 12.6. The van der Waals surface area contributed by atoms with Crippen molar-refractivity contribution in [2.45, 2.75) is 32.7 Å². The predicted molar refractivity (Wildman–Crippen MR) is 142 cm³/mol. The van der Waals surface area contributed by atoms with Gasteiger partial charge in [-0.1, -0.05) is 62.7 Å². The zero-order chi connectivity index (χ0) is 25.6.